The van der Waals surface area contributed by atoms with Crippen LogP contribution >= 0.6 is 11.3 Å². The fourth-order valence-electron chi connectivity index (χ4n) is 2.16. The van der Waals surface area contributed by atoms with E-state index in [2.05, 4.69) is 23.5 Å². The number of benzene rings is 2. The minimum Gasteiger partial charge on any atom is -0.497 e. The molecule has 0 saturated carbocycles. The average Bonchev–Trinajstić information content (AvgIpc) is 2.90. The van der Waals surface area contributed by atoms with Crippen LogP contribution in [-0.4, -0.2) is 13.0 Å². The van der Waals surface area contributed by atoms with E-state index < -0.39 is 0 Å². The Hall–Kier alpha value is -2.33. The number of amides is 1. The summed E-state index contributed by atoms with van der Waals surface area (Å²) in [5, 5.41) is 4.09. The summed E-state index contributed by atoms with van der Waals surface area (Å²) in [6.45, 7) is 0. The lowest BCUT2D eigenvalue weighted by atomic mass is 10.2. The van der Waals surface area contributed by atoms with E-state index in [1.54, 1.807) is 18.4 Å². The Bertz CT molecular complexity index is 729. The van der Waals surface area contributed by atoms with Crippen LogP contribution < -0.4 is 10.1 Å². The van der Waals surface area contributed by atoms with E-state index in [-0.39, 0.29) is 5.91 Å². The molecule has 3 rings (SSSR count). The maximum absolute atomic E-state index is 12.1. The molecular formula is C17H15NO2S. The molecule has 1 heterocycles. The highest BCUT2D eigenvalue weighted by Gasteiger charge is 2.07. The average molecular weight is 297 g/mol. The lowest BCUT2D eigenvalue weighted by Gasteiger charge is -2.05. The minimum absolute atomic E-state index is 0.00766. The predicted octanol–water partition coefficient (Wildman–Crippen LogP) is 4.09. The van der Waals surface area contributed by atoms with Gasteiger partial charge in [-0.25, -0.2) is 0 Å². The predicted molar refractivity (Wildman–Crippen MR) is 87.2 cm³/mol. The third-order valence-electron chi connectivity index (χ3n) is 3.19. The van der Waals surface area contributed by atoms with Crippen molar-refractivity contribution in [2.24, 2.45) is 0 Å². The summed E-state index contributed by atoms with van der Waals surface area (Å²) in [6.07, 6.45) is 0.394. The molecule has 0 fully saturated rings. The lowest BCUT2D eigenvalue weighted by Crippen LogP contribution is -2.13. The van der Waals surface area contributed by atoms with Crippen molar-refractivity contribution < 1.29 is 9.53 Å². The molecule has 2 aromatic carbocycles. The minimum atomic E-state index is -0.00766. The van der Waals surface area contributed by atoms with Crippen LogP contribution in [0.5, 0.6) is 5.75 Å². The largest absolute Gasteiger partial charge is 0.497 e. The van der Waals surface area contributed by atoms with Crippen molar-refractivity contribution in [3.8, 4) is 5.75 Å². The first-order chi connectivity index (χ1) is 10.2. The van der Waals surface area contributed by atoms with Gasteiger partial charge in [0.15, 0.2) is 0 Å². The summed E-state index contributed by atoms with van der Waals surface area (Å²) in [7, 11) is 1.62. The fourth-order valence-corrected chi connectivity index (χ4v) is 3.22. The van der Waals surface area contributed by atoms with Crippen LogP contribution in [0, 0.1) is 0 Å². The SMILES string of the molecule is COc1ccc(NC(=O)Cc2cc3ccccc3s2)cc1. The standard InChI is InChI=1S/C17H15NO2S/c1-20-14-8-6-13(7-9-14)18-17(19)11-15-10-12-4-2-3-5-16(12)21-15/h2-10H,11H2,1H3,(H,18,19). The van der Waals surface area contributed by atoms with Crippen LogP contribution in [0.15, 0.2) is 54.6 Å². The molecule has 4 heteroatoms. The Labute approximate surface area is 127 Å². The number of fused-ring (bicyclic) bond motifs is 1. The quantitative estimate of drug-likeness (QED) is 0.787. The molecule has 0 aliphatic rings. The second-order valence-electron chi connectivity index (χ2n) is 4.70. The van der Waals surface area contributed by atoms with Crippen molar-refractivity contribution >= 4 is 33.0 Å². The number of ether oxygens (including phenoxy) is 1. The Morgan fingerprint density at radius 3 is 2.62 bits per heavy atom. The molecule has 0 spiro atoms. The first-order valence-corrected chi connectivity index (χ1v) is 7.47. The molecule has 0 atom stereocenters. The third kappa shape index (κ3) is 3.23. The number of rotatable bonds is 4. The van der Waals surface area contributed by atoms with Crippen molar-refractivity contribution in [3.05, 3.63) is 59.5 Å². The second kappa shape index (κ2) is 5.97. The van der Waals surface area contributed by atoms with Crippen LogP contribution in [0.1, 0.15) is 4.88 Å². The van der Waals surface area contributed by atoms with Crippen molar-refractivity contribution in [1.29, 1.82) is 0 Å². The van der Waals surface area contributed by atoms with Crippen LogP contribution in [0.3, 0.4) is 0 Å². The van der Waals surface area contributed by atoms with Gasteiger partial charge < -0.3 is 10.1 Å². The maximum Gasteiger partial charge on any atom is 0.229 e. The highest BCUT2D eigenvalue weighted by Crippen LogP contribution is 2.25. The van der Waals surface area contributed by atoms with Gasteiger partial charge in [-0.15, -0.1) is 11.3 Å². The highest BCUT2D eigenvalue weighted by molar-refractivity contribution is 7.19. The second-order valence-corrected chi connectivity index (χ2v) is 5.87. The number of methoxy groups -OCH3 is 1. The third-order valence-corrected chi connectivity index (χ3v) is 4.30. The van der Waals surface area contributed by atoms with E-state index in [1.807, 2.05) is 36.4 Å². The molecule has 0 bridgehead atoms. The van der Waals surface area contributed by atoms with E-state index in [0.717, 1.165) is 16.3 Å². The molecule has 0 saturated heterocycles. The van der Waals surface area contributed by atoms with Gasteiger partial charge in [-0.3, -0.25) is 4.79 Å². The molecule has 106 valence electrons. The molecule has 1 N–H and O–H groups in total. The van der Waals surface area contributed by atoms with Gasteiger partial charge in [-0.1, -0.05) is 18.2 Å². The Kier molecular flexibility index (Phi) is 3.88. The van der Waals surface area contributed by atoms with E-state index in [4.69, 9.17) is 4.74 Å². The van der Waals surface area contributed by atoms with E-state index in [0.29, 0.717) is 6.42 Å². The fraction of sp³-hybridized carbons (Fsp3) is 0.118. The number of hydrogen-bond donors (Lipinski definition) is 1. The highest BCUT2D eigenvalue weighted by atomic mass is 32.1. The van der Waals surface area contributed by atoms with Crippen molar-refractivity contribution in [2.45, 2.75) is 6.42 Å². The molecule has 1 aromatic heterocycles. The number of thiophene rings is 1. The first-order valence-electron chi connectivity index (χ1n) is 6.66. The number of carbonyl (C=O) groups excluding carboxylic acids is 1. The van der Waals surface area contributed by atoms with E-state index in [1.165, 1.54) is 10.1 Å². The number of nitrogens with one attached hydrogen (secondary N) is 1. The lowest BCUT2D eigenvalue weighted by molar-refractivity contribution is -0.115. The zero-order chi connectivity index (χ0) is 14.7. The maximum atomic E-state index is 12.1. The summed E-state index contributed by atoms with van der Waals surface area (Å²) >= 11 is 1.66. The summed E-state index contributed by atoms with van der Waals surface area (Å²) < 4.78 is 6.31. The van der Waals surface area contributed by atoms with Gasteiger partial charge in [0, 0.05) is 15.3 Å². The molecular weight excluding hydrogens is 282 g/mol. The Morgan fingerprint density at radius 1 is 1.14 bits per heavy atom. The van der Waals surface area contributed by atoms with Crippen LogP contribution in [0.4, 0.5) is 5.69 Å². The topological polar surface area (TPSA) is 38.3 Å². The van der Waals surface area contributed by atoms with Crippen molar-refractivity contribution in [2.75, 3.05) is 12.4 Å². The number of carbonyl (C=O) groups is 1. The van der Waals surface area contributed by atoms with Crippen LogP contribution in [0.2, 0.25) is 0 Å². The molecule has 0 unspecified atom stereocenters. The van der Waals surface area contributed by atoms with Crippen molar-refractivity contribution in [3.63, 3.8) is 0 Å². The number of hydrogen-bond acceptors (Lipinski definition) is 3. The normalized spacial score (nSPS) is 10.5. The molecule has 3 aromatic rings. The molecule has 0 aliphatic carbocycles. The molecule has 21 heavy (non-hydrogen) atoms. The van der Waals surface area contributed by atoms with Crippen LogP contribution in [-0.2, 0) is 11.2 Å². The molecule has 0 radical (unpaired) electrons. The molecule has 0 aliphatic heterocycles. The van der Waals surface area contributed by atoms with Gasteiger partial charge in [-0.2, -0.15) is 0 Å². The summed E-state index contributed by atoms with van der Waals surface area (Å²) in [5.74, 6) is 0.768. The summed E-state index contributed by atoms with van der Waals surface area (Å²) in [5.41, 5.74) is 0.780. The van der Waals surface area contributed by atoms with Crippen molar-refractivity contribution in [1.82, 2.24) is 0 Å². The Morgan fingerprint density at radius 2 is 1.90 bits per heavy atom. The zero-order valence-electron chi connectivity index (χ0n) is 11.6. The van der Waals surface area contributed by atoms with E-state index in [9.17, 15) is 4.79 Å². The first kappa shape index (κ1) is 13.6. The van der Waals surface area contributed by atoms with E-state index >= 15 is 0 Å². The summed E-state index contributed by atoms with van der Waals surface area (Å²) in [6, 6.07) is 17.6. The smallest absolute Gasteiger partial charge is 0.229 e. The van der Waals surface area contributed by atoms with Gasteiger partial charge in [0.2, 0.25) is 5.91 Å². The van der Waals surface area contributed by atoms with Gasteiger partial charge in [0.05, 0.1) is 13.5 Å². The zero-order valence-corrected chi connectivity index (χ0v) is 12.4. The van der Waals surface area contributed by atoms with Gasteiger partial charge in [-0.05, 0) is 41.8 Å². The monoisotopic (exact) mass is 297 g/mol. The van der Waals surface area contributed by atoms with Gasteiger partial charge in [0.1, 0.15) is 5.75 Å². The van der Waals surface area contributed by atoms with Gasteiger partial charge >= 0.3 is 0 Å². The van der Waals surface area contributed by atoms with Gasteiger partial charge in [0.25, 0.3) is 0 Å². The summed E-state index contributed by atoms with van der Waals surface area (Å²) in [4.78, 5) is 13.1. The molecule has 3 nitrogen and oxygen atoms in total. The Balaban J connectivity index is 1.67. The number of anilines is 1. The van der Waals surface area contributed by atoms with Crippen LogP contribution in [0.25, 0.3) is 10.1 Å². The molecule has 1 amide bonds.